The fourth-order valence-electron chi connectivity index (χ4n) is 1.76. The molecule has 1 aromatic carbocycles. The zero-order valence-electron chi connectivity index (χ0n) is 10.7. The Labute approximate surface area is 134 Å². The third-order valence-corrected chi connectivity index (χ3v) is 4.05. The van der Waals surface area contributed by atoms with Gasteiger partial charge in [0.05, 0.1) is 16.7 Å². The van der Waals surface area contributed by atoms with Crippen LogP contribution in [0.5, 0.6) is 11.5 Å². The molecule has 1 unspecified atom stereocenters. The second kappa shape index (κ2) is 6.15. The summed E-state index contributed by atoms with van der Waals surface area (Å²) in [6.45, 7) is 2.10. The van der Waals surface area contributed by atoms with Gasteiger partial charge in [-0.1, -0.05) is 41.7 Å². The molecule has 116 valence electrons. The monoisotopic (exact) mass is 360 g/mol. The minimum atomic E-state index is -4.55. The normalized spacial score (nSPS) is 17.4. The van der Waals surface area contributed by atoms with Crippen LogP contribution in [0.3, 0.4) is 0 Å². The van der Waals surface area contributed by atoms with E-state index in [4.69, 9.17) is 44.3 Å². The Kier molecular flexibility index (Phi) is 4.85. The number of ether oxygens (including phenoxy) is 2. The fourth-order valence-corrected chi connectivity index (χ4v) is 2.47. The molecule has 1 aliphatic rings. The summed E-state index contributed by atoms with van der Waals surface area (Å²) < 4.78 is 48.7. The van der Waals surface area contributed by atoms with E-state index in [1.54, 1.807) is 0 Å². The summed E-state index contributed by atoms with van der Waals surface area (Å²) in [4.78, 5) is 0. The Morgan fingerprint density at radius 2 is 1.86 bits per heavy atom. The molecule has 0 fully saturated rings. The molecule has 1 atom stereocenters. The fraction of sp³-hybridized carbons (Fsp3) is 0.385. The van der Waals surface area contributed by atoms with Crippen LogP contribution in [-0.2, 0) is 0 Å². The van der Waals surface area contributed by atoms with E-state index in [0.29, 0.717) is 6.42 Å². The van der Waals surface area contributed by atoms with Crippen LogP contribution in [0, 0.1) is 0 Å². The summed E-state index contributed by atoms with van der Waals surface area (Å²) >= 11 is 18.0. The van der Waals surface area contributed by atoms with Crippen molar-refractivity contribution in [3.63, 3.8) is 0 Å². The van der Waals surface area contributed by atoms with E-state index >= 15 is 0 Å². The van der Waals surface area contributed by atoms with E-state index in [1.807, 2.05) is 6.92 Å². The summed E-state index contributed by atoms with van der Waals surface area (Å²) in [5.41, 5.74) is 0.220. The molecule has 0 saturated carbocycles. The second-order valence-corrected chi connectivity index (χ2v) is 5.44. The highest BCUT2D eigenvalue weighted by molar-refractivity contribution is 6.49. The topological polar surface area (TPSA) is 18.5 Å². The lowest BCUT2D eigenvalue weighted by molar-refractivity contribution is -0.180. The molecule has 0 N–H and O–H groups in total. The first kappa shape index (κ1) is 16.6. The van der Waals surface area contributed by atoms with Gasteiger partial charge in [0, 0.05) is 5.56 Å². The van der Waals surface area contributed by atoms with E-state index < -0.39 is 12.3 Å². The highest BCUT2D eigenvalue weighted by atomic mass is 35.5. The molecule has 0 aromatic heterocycles. The first-order chi connectivity index (χ1) is 9.77. The van der Waals surface area contributed by atoms with Crippen LogP contribution in [-0.4, -0.2) is 18.9 Å². The summed E-state index contributed by atoms with van der Waals surface area (Å²) in [6, 6.07) is 0. The van der Waals surface area contributed by atoms with Crippen molar-refractivity contribution in [1.29, 1.82) is 0 Å². The second-order valence-electron chi connectivity index (χ2n) is 4.30. The predicted molar refractivity (Wildman–Crippen MR) is 76.8 cm³/mol. The van der Waals surface area contributed by atoms with Gasteiger partial charge in [-0.05, 0) is 18.6 Å². The van der Waals surface area contributed by atoms with Crippen molar-refractivity contribution in [2.75, 3.05) is 6.61 Å². The number of hydrogen-bond donors (Lipinski definition) is 0. The van der Waals surface area contributed by atoms with E-state index in [1.165, 1.54) is 6.08 Å². The molecule has 0 amide bonds. The number of hydrogen-bond acceptors (Lipinski definition) is 2. The molecule has 0 radical (unpaired) electrons. The van der Waals surface area contributed by atoms with Crippen molar-refractivity contribution in [3.8, 4) is 11.5 Å². The number of rotatable bonds is 3. The predicted octanol–water partition coefficient (Wildman–Crippen LogP) is 5.77. The van der Waals surface area contributed by atoms with Gasteiger partial charge in [0.2, 0.25) is 6.10 Å². The summed E-state index contributed by atoms with van der Waals surface area (Å²) in [7, 11) is 0. The Hall–Kier alpha value is -0.780. The van der Waals surface area contributed by atoms with Crippen LogP contribution in [0.4, 0.5) is 13.2 Å². The molecular weight excluding hydrogens is 351 g/mol. The van der Waals surface area contributed by atoms with Gasteiger partial charge in [-0.15, -0.1) is 0 Å². The van der Waals surface area contributed by atoms with Gasteiger partial charge in [-0.2, -0.15) is 13.2 Å². The van der Waals surface area contributed by atoms with Gasteiger partial charge < -0.3 is 9.47 Å². The van der Waals surface area contributed by atoms with Crippen molar-refractivity contribution >= 4 is 40.9 Å². The Bertz CT molecular complexity index is 585. The van der Waals surface area contributed by atoms with Crippen LogP contribution >= 0.6 is 34.8 Å². The average Bonchev–Trinajstić information content (AvgIpc) is 2.43. The molecular formula is C13H10Cl3F3O2. The van der Waals surface area contributed by atoms with E-state index in [0.717, 1.165) is 6.08 Å². The zero-order valence-corrected chi connectivity index (χ0v) is 13.0. The van der Waals surface area contributed by atoms with Gasteiger partial charge in [-0.3, -0.25) is 0 Å². The first-order valence-electron chi connectivity index (χ1n) is 6.02. The van der Waals surface area contributed by atoms with Crippen LogP contribution in [0.2, 0.25) is 15.1 Å². The Balaban J connectivity index is 2.54. The smallest absolute Gasteiger partial charge is 0.429 e. The zero-order chi connectivity index (χ0) is 15.8. The van der Waals surface area contributed by atoms with Crippen LogP contribution in [0.15, 0.2) is 6.08 Å². The molecule has 0 bridgehead atoms. The first-order valence-corrected chi connectivity index (χ1v) is 7.15. The highest BCUT2D eigenvalue weighted by Crippen LogP contribution is 2.50. The van der Waals surface area contributed by atoms with Gasteiger partial charge in [0.1, 0.15) is 5.02 Å². The number of benzene rings is 1. The lowest BCUT2D eigenvalue weighted by atomic mass is 10.1. The van der Waals surface area contributed by atoms with Crippen molar-refractivity contribution in [2.45, 2.75) is 25.6 Å². The van der Waals surface area contributed by atoms with Crippen LogP contribution < -0.4 is 9.47 Å². The largest absolute Gasteiger partial charge is 0.488 e. The van der Waals surface area contributed by atoms with Crippen molar-refractivity contribution < 1.29 is 22.6 Å². The maximum atomic E-state index is 12.8. The van der Waals surface area contributed by atoms with Crippen molar-refractivity contribution in [1.82, 2.24) is 0 Å². The molecule has 2 nitrogen and oxygen atoms in total. The van der Waals surface area contributed by atoms with Gasteiger partial charge in [0.15, 0.2) is 11.5 Å². The van der Waals surface area contributed by atoms with Crippen LogP contribution in [0.25, 0.3) is 6.08 Å². The molecule has 21 heavy (non-hydrogen) atoms. The Morgan fingerprint density at radius 1 is 1.19 bits per heavy atom. The third-order valence-electron chi connectivity index (χ3n) is 2.73. The summed E-state index contributed by atoms with van der Waals surface area (Å²) in [5.74, 6) is -0.172. The van der Waals surface area contributed by atoms with E-state index in [9.17, 15) is 13.2 Å². The maximum absolute atomic E-state index is 12.8. The van der Waals surface area contributed by atoms with Crippen molar-refractivity contribution in [2.24, 2.45) is 0 Å². The number of halogens is 6. The minimum absolute atomic E-state index is 0.0156. The molecule has 0 aliphatic carbocycles. The van der Waals surface area contributed by atoms with Gasteiger partial charge in [0.25, 0.3) is 0 Å². The van der Waals surface area contributed by atoms with Gasteiger partial charge >= 0.3 is 6.18 Å². The lowest BCUT2D eigenvalue weighted by Gasteiger charge is -2.26. The number of alkyl halides is 3. The van der Waals surface area contributed by atoms with E-state index in [-0.39, 0.29) is 38.7 Å². The maximum Gasteiger partial charge on any atom is 0.429 e. The average molecular weight is 362 g/mol. The number of fused-ring (bicyclic) bond motifs is 1. The van der Waals surface area contributed by atoms with Gasteiger partial charge in [-0.25, -0.2) is 0 Å². The molecule has 1 aromatic rings. The molecule has 2 rings (SSSR count). The summed E-state index contributed by atoms with van der Waals surface area (Å²) in [6.07, 6.45) is -3.91. The third kappa shape index (κ3) is 3.20. The van der Waals surface area contributed by atoms with Crippen molar-refractivity contribution in [3.05, 3.63) is 26.7 Å². The summed E-state index contributed by atoms with van der Waals surface area (Å²) in [5, 5.41) is -0.0237. The molecule has 1 aliphatic heterocycles. The highest BCUT2D eigenvalue weighted by Gasteiger charge is 2.43. The quantitative estimate of drug-likeness (QED) is 0.636. The minimum Gasteiger partial charge on any atom is -0.488 e. The molecule has 1 heterocycles. The SMILES string of the molecule is CCCOc1c(Cl)c(Cl)c(Cl)c2c1OC(C(F)(F)F)C=C2. The molecule has 0 saturated heterocycles. The molecule has 8 heteroatoms. The lowest BCUT2D eigenvalue weighted by Crippen LogP contribution is -2.34. The van der Waals surface area contributed by atoms with E-state index in [2.05, 4.69) is 0 Å². The Morgan fingerprint density at radius 3 is 2.43 bits per heavy atom. The van der Waals surface area contributed by atoms with Crippen LogP contribution in [0.1, 0.15) is 18.9 Å². The molecule has 0 spiro atoms. The standard InChI is InChI=1S/C13H10Cl3F3O2/c1-2-5-20-12-10(16)9(15)8(14)6-3-4-7(13(17,18)19)21-11(6)12/h3-4,7H,2,5H2,1H3.